The number of fused-ring (bicyclic) bond motifs is 4. The van der Waals surface area contributed by atoms with Gasteiger partial charge in [-0.1, -0.05) is 20.8 Å². The normalized spacial score (nSPS) is 33.6. The highest BCUT2D eigenvalue weighted by molar-refractivity contribution is 6.74. The maximum atomic E-state index is 12.9. The van der Waals surface area contributed by atoms with Crippen molar-refractivity contribution >= 4 is 8.32 Å². The second-order valence-electron chi connectivity index (χ2n) is 11.2. The second-order valence-corrected chi connectivity index (χ2v) is 16.0. The zero-order valence-electron chi connectivity index (χ0n) is 19.8. The van der Waals surface area contributed by atoms with Crippen LogP contribution in [0, 0.1) is 0 Å². The zero-order chi connectivity index (χ0) is 23.2. The van der Waals surface area contributed by atoms with Gasteiger partial charge in [-0.2, -0.15) is 0 Å². The fraction of sp³-hybridized carbons (Fsp3) is 0.810. The Morgan fingerprint density at radius 3 is 2.39 bits per heavy atom. The summed E-state index contributed by atoms with van der Waals surface area (Å²) in [7, 11) is -2.05. The number of aromatic amines is 1. The Balaban J connectivity index is 1.76. The van der Waals surface area contributed by atoms with Crippen molar-refractivity contribution in [1.82, 2.24) is 9.55 Å². The number of nitrogens with one attached hydrogen (secondary N) is 1. The first-order valence-electron chi connectivity index (χ1n) is 10.7. The maximum Gasteiger partial charge on any atom is 0.332 e. The van der Waals surface area contributed by atoms with E-state index in [1.807, 2.05) is 13.8 Å². The van der Waals surface area contributed by atoms with Gasteiger partial charge >= 0.3 is 5.69 Å². The van der Waals surface area contributed by atoms with Crippen molar-refractivity contribution in [2.45, 2.75) is 102 Å². The van der Waals surface area contributed by atoms with Gasteiger partial charge in [0.25, 0.3) is 11.5 Å². The van der Waals surface area contributed by atoms with Crippen molar-refractivity contribution in [3.8, 4) is 0 Å². The lowest BCUT2D eigenvalue weighted by molar-refractivity contribution is -0.349. The minimum Gasteiger partial charge on any atom is -0.414 e. The summed E-state index contributed by atoms with van der Waals surface area (Å²) in [5.41, 5.74) is -1.60. The molecule has 174 valence electrons. The predicted octanol–water partition coefficient (Wildman–Crippen LogP) is 2.35. The van der Waals surface area contributed by atoms with Crippen LogP contribution >= 0.6 is 0 Å². The van der Waals surface area contributed by atoms with Crippen molar-refractivity contribution in [2.75, 3.05) is 6.61 Å². The smallest absolute Gasteiger partial charge is 0.332 e. The molecule has 9 nitrogen and oxygen atoms in total. The molecule has 0 saturated carbocycles. The molecule has 2 fully saturated rings. The molecule has 31 heavy (non-hydrogen) atoms. The van der Waals surface area contributed by atoms with Crippen LogP contribution in [0.15, 0.2) is 15.7 Å². The van der Waals surface area contributed by atoms with Gasteiger partial charge in [0, 0.05) is 6.07 Å². The number of nitrogens with zero attached hydrogens (tertiary/aromatic N) is 1. The average Bonchev–Trinajstić information content (AvgIpc) is 3.12. The number of H-pyrrole nitrogens is 1. The molecule has 0 radical (unpaired) electrons. The van der Waals surface area contributed by atoms with E-state index in [0.29, 0.717) is 5.69 Å². The third-order valence-corrected chi connectivity index (χ3v) is 11.4. The van der Waals surface area contributed by atoms with E-state index in [0.717, 1.165) is 0 Å². The average molecular weight is 455 g/mol. The van der Waals surface area contributed by atoms with Gasteiger partial charge in [0.2, 0.25) is 0 Å². The van der Waals surface area contributed by atoms with E-state index in [1.54, 1.807) is 13.8 Å². The van der Waals surface area contributed by atoms with E-state index < -0.39 is 55.2 Å². The Morgan fingerprint density at radius 1 is 1.13 bits per heavy atom. The van der Waals surface area contributed by atoms with Crippen molar-refractivity contribution < 1.29 is 23.4 Å². The van der Waals surface area contributed by atoms with E-state index in [4.69, 9.17) is 23.4 Å². The number of hydrogen-bond acceptors (Lipinski definition) is 7. The highest BCUT2D eigenvalue weighted by Gasteiger charge is 2.70. The zero-order valence-corrected chi connectivity index (χ0v) is 20.8. The molecule has 3 aliphatic heterocycles. The molecule has 0 aromatic carbocycles. The third kappa shape index (κ3) is 3.48. The molecule has 1 N–H and O–H groups in total. The van der Waals surface area contributed by atoms with Gasteiger partial charge in [-0.15, -0.1) is 0 Å². The van der Waals surface area contributed by atoms with Gasteiger partial charge in [0.1, 0.15) is 17.8 Å². The number of ether oxygens (including phenoxy) is 4. The highest BCUT2D eigenvalue weighted by atomic mass is 28.4. The molecule has 0 aliphatic carbocycles. The largest absolute Gasteiger partial charge is 0.414 e. The molecule has 10 heteroatoms. The Morgan fingerprint density at radius 2 is 1.77 bits per heavy atom. The van der Waals surface area contributed by atoms with Gasteiger partial charge < -0.3 is 23.4 Å². The van der Waals surface area contributed by atoms with E-state index in [-0.39, 0.29) is 11.6 Å². The predicted molar refractivity (Wildman–Crippen MR) is 115 cm³/mol. The van der Waals surface area contributed by atoms with Crippen molar-refractivity contribution in [3.63, 3.8) is 0 Å². The van der Waals surface area contributed by atoms with Gasteiger partial charge in [0.15, 0.2) is 20.2 Å². The Labute approximate surface area is 183 Å². The van der Waals surface area contributed by atoms with Crippen LogP contribution in [-0.4, -0.2) is 48.6 Å². The second kappa shape index (κ2) is 6.61. The molecule has 1 aromatic rings. The Bertz CT molecular complexity index is 1010. The number of hydrogen-bond donors (Lipinski definition) is 1. The summed E-state index contributed by atoms with van der Waals surface area (Å²) in [5.74, 6) is -2.44. The van der Waals surface area contributed by atoms with Crippen molar-refractivity contribution in [1.29, 1.82) is 0 Å². The van der Waals surface area contributed by atoms with Crippen LogP contribution in [0.25, 0.3) is 0 Å². The first-order chi connectivity index (χ1) is 14.0. The lowest BCUT2D eigenvalue weighted by atomic mass is 10.1. The molecule has 1 spiro atoms. The molecular weight excluding hydrogens is 420 g/mol. The topological polar surface area (TPSA) is 101 Å². The number of aromatic nitrogens is 2. The van der Waals surface area contributed by atoms with Crippen LogP contribution in [0.4, 0.5) is 0 Å². The van der Waals surface area contributed by atoms with Crippen LogP contribution in [0.3, 0.4) is 0 Å². The first kappa shape index (κ1) is 22.9. The molecular formula is C21H34N2O7Si. The molecule has 0 bridgehead atoms. The Hall–Kier alpha value is -1.30. The summed E-state index contributed by atoms with van der Waals surface area (Å²) >= 11 is 0. The summed E-state index contributed by atoms with van der Waals surface area (Å²) < 4.78 is 33.0. The SMILES string of the molecule is CC1(C)O[C@H]2[C@@H](O1)[C@]1(O[C@@H]2CO[Si](C)(C)C(C)(C)C)OC(C)(C)c2cc(=O)[nH]c(=O)n21. The van der Waals surface area contributed by atoms with Crippen molar-refractivity contribution in [3.05, 3.63) is 32.6 Å². The van der Waals surface area contributed by atoms with Crippen LogP contribution in [0.1, 0.15) is 54.2 Å². The van der Waals surface area contributed by atoms with Gasteiger partial charge in [-0.3, -0.25) is 9.78 Å². The molecule has 4 atom stereocenters. The third-order valence-electron chi connectivity index (χ3n) is 6.86. The van der Waals surface area contributed by atoms with E-state index in [1.165, 1.54) is 10.6 Å². The number of rotatable bonds is 3. The molecule has 0 amide bonds. The minimum atomic E-state index is -2.05. The lowest BCUT2D eigenvalue weighted by Crippen LogP contribution is -2.51. The standard InChI is InChI=1S/C21H34N2O7Si/c1-18(2,3)31(8,9)26-11-12-15-16(29-20(6,7)28-15)21(27-12)23-13(19(4,5)30-21)10-14(24)22-17(23)25/h10,12,15-16H,11H2,1-9H3,(H,22,24,25)/t12-,15-,16-,21+/m1/s1. The summed E-state index contributed by atoms with van der Waals surface area (Å²) in [5, 5.41) is 0.0316. The maximum absolute atomic E-state index is 12.9. The molecule has 2 saturated heterocycles. The summed E-state index contributed by atoms with van der Waals surface area (Å²) in [6.07, 6.45) is -1.72. The minimum absolute atomic E-state index is 0.0316. The summed E-state index contributed by atoms with van der Waals surface area (Å²) in [4.78, 5) is 27.2. The molecule has 3 aliphatic rings. The van der Waals surface area contributed by atoms with Crippen LogP contribution in [0.2, 0.25) is 18.1 Å². The van der Waals surface area contributed by atoms with Gasteiger partial charge in [-0.05, 0) is 45.8 Å². The highest BCUT2D eigenvalue weighted by Crippen LogP contribution is 2.53. The molecule has 4 heterocycles. The van der Waals surface area contributed by atoms with Gasteiger partial charge in [0.05, 0.1) is 12.3 Å². The monoisotopic (exact) mass is 454 g/mol. The van der Waals surface area contributed by atoms with Crippen LogP contribution < -0.4 is 11.2 Å². The molecule has 1 aromatic heterocycles. The quantitative estimate of drug-likeness (QED) is 0.700. The van der Waals surface area contributed by atoms with E-state index in [2.05, 4.69) is 38.8 Å². The van der Waals surface area contributed by atoms with E-state index >= 15 is 0 Å². The fourth-order valence-corrected chi connectivity index (χ4v) is 5.32. The van der Waals surface area contributed by atoms with Crippen molar-refractivity contribution in [2.24, 2.45) is 0 Å². The molecule has 0 unspecified atom stereocenters. The van der Waals surface area contributed by atoms with Crippen LogP contribution in [-0.2, 0) is 34.9 Å². The van der Waals surface area contributed by atoms with E-state index in [9.17, 15) is 9.59 Å². The van der Waals surface area contributed by atoms with Crippen LogP contribution in [0.5, 0.6) is 0 Å². The fourth-order valence-electron chi connectivity index (χ4n) is 4.30. The summed E-state index contributed by atoms with van der Waals surface area (Å²) in [6, 6.07) is 1.37. The first-order valence-corrected chi connectivity index (χ1v) is 13.6. The molecule has 4 rings (SSSR count). The summed E-state index contributed by atoms with van der Waals surface area (Å²) in [6.45, 7) is 18.4. The Kier molecular flexibility index (Phi) is 4.88. The van der Waals surface area contributed by atoms with Gasteiger partial charge in [-0.25, -0.2) is 9.36 Å². The lowest BCUT2D eigenvalue weighted by Gasteiger charge is -2.37.